The van der Waals surface area contributed by atoms with Crippen LogP contribution < -0.4 is 20.7 Å². The quantitative estimate of drug-likeness (QED) is 0.107. The van der Waals surface area contributed by atoms with Gasteiger partial charge in [-0.3, -0.25) is 9.13 Å². The van der Waals surface area contributed by atoms with Crippen molar-refractivity contribution < 1.29 is 58.9 Å². The Morgan fingerprint density at radius 1 is 0.333 bits per heavy atom. The molecule has 13 aromatic rings. The summed E-state index contributed by atoms with van der Waals surface area (Å²) >= 11 is 0. The maximum atomic E-state index is 11.0. The van der Waals surface area contributed by atoms with Crippen molar-refractivity contribution in [2.75, 3.05) is 0 Å². The van der Waals surface area contributed by atoms with Crippen molar-refractivity contribution in [2.24, 2.45) is 0 Å². The summed E-state index contributed by atoms with van der Waals surface area (Å²) in [6, 6.07) is -52.9. The molecule has 5 heteroatoms. The Labute approximate surface area is 462 Å². The predicted molar refractivity (Wildman–Crippen MR) is 291 cm³/mol. The lowest BCUT2D eigenvalue weighted by molar-refractivity contribution is 0.952. The Balaban J connectivity index is 1.39. The van der Waals surface area contributed by atoms with Gasteiger partial charge in [-0.25, -0.2) is 4.98 Å². The number of aromatic nitrogens is 4. The molecule has 0 unspecified atom stereocenters. The van der Waals surface area contributed by atoms with E-state index in [0.717, 1.165) is 0 Å². The third-order valence-corrected chi connectivity index (χ3v) is 14.9. The fourth-order valence-electron chi connectivity index (χ4n) is 8.06. The lowest BCUT2D eigenvalue weighted by atomic mass is 10.0. The summed E-state index contributed by atoms with van der Waals surface area (Å²) in [4.78, 5) is 9.51. The van der Waals surface area contributed by atoms with E-state index in [1.165, 1.54) is 0 Å². The molecule has 10 aromatic carbocycles. The van der Waals surface area contributed by atoms with Crippen molar-refractivity contribution >= 4 is 72.4 Å². The van der Waals surface area contributed by atoms with E-state index >= 15 is 0 Å². The molecular weight excluding hydrogens is 853 g/mol. The molecular formula is C64H44N4Si. The second-order valence-corrected chi connectivity index (χ2v) is 18.0. The standard InChI is InChI=1S/C64H44N4Si/c1-5-22-45(23-6-1)47-26-19-32-51(42-47)69(49-28-9-3-10-29-49,50-30-11-4-12-31-50)52-33-20-27-48(43-52)58-44-62(67-59-39-16-13-34-54(59)55-35-14-17-40-60(55)67)66-64(65-58)68-61-41-18-15-36-56(61)57-38-21-37-53(63(57)68)46-24-7-2-8-25-46/h1-44H/i1D,2D,3D,4D,5D,6D,7D,8D,9D,10D,11D,12D,13D,14D,15D,16D,17D,18D,19D,20D,21D,22D,23D,24D,25D,26D,27D,28D,29D,30D,31D,32D,33D,34D,35D,36D,37D,38D,39D,40D,41D,42D,43D. The summed E-state index contributed by atoms with van der Waals surface area (Å²) in [6.45, 7) is 0. The molecule has 0 spiro atoms. The van der Waals surface area contributed by atoms with Crippen molar-refractivity contribution in [1.82, 2.24) is 19.1 Å². The number of hydrogen-bond donors (Lipinski definition) is 0. The molecule has 0 radical (unpaired) electrons. The second-order valence-electron chi connectivity index (χ2n) is 14.5. The molecule has 0 fully saturated rings. The second kappa shape index (κ2) is 16.8. The molecule has 0 amide bonds. The maximum Gasteiger partial charge on any atom is 0.237 e. The highest BCUT2D eigenvalue weighted by molar-refractivity contribution is 7.20. The van der Waals surface area contributed by atoms with Crippen LogP contribution in [-0.2, 0) is 0 Å². The van der Waals surface area contributed by atoms with Crippen molar-refractivity contribution in [2.45, 2.75) is 0 Å². The van der Waals surface area contributed by atoms with Crippen LogP contribution in [0.2, 0.25) is 0 Å². The van der Waals surface area contributed by atoms with Crippen molar-refractivity contribution in [3.63, 3.8) is 0 Å². The first-order valence-electron chi connectivity index (χ1n) is 41.6. The first-order valence-corrected chi connectivity index (χ1v) is 22.1. The maximum absolute atomic E-state index is 11.0. The average molecular weight is 940 g/mol. The molecule has 0 saturated heterocycles. The Morgan fingerprint density at radius 3 is 1.35 bits per heavy atom. The zero-order chi connectivity index (χ0) is 83.1. The molecule has 0 atom stereocenters. The number of rotatable bonds is 9. The lowest BCUT2D eigenvalue weighted by Gasteiger charge is -2.35. The van der Waals surface area contributed by atoms with Crippen LogP contribution in [-0.4, -0.2) is 27.2 Å². The van der Waals surface area contributed by atoms with Crippen LogP contribution >= 0.6 is 0 Å². The van der Waals surface area contributed by atoms with Gasteiger partial charge in [0.2, 0.25) is 5.95 Å². The third-order valence-electron chi connectivity index (χ3n) is 10.9. The molecule has 0 saturated carbocycles. The fourth-order valence-corrected chi connectivity index (χ4v) is 11.7. The van der Waals surface area contributed by atoms with Crippen molar-refractivity contribution in [3.8, 4) is 45.3 Å². The first-order chi connectivity index (χ1) is 52.1. The SMILES string of the molecule is [2H]c1c([2H])c([2H])c(-c2c([2H])c([2H])c([2H])c([Si](c3c([2H])c([2H])c([2H])c([2H])c3[2H])(c3c([2H])c([2H])c([2H])c([2H])c3[2H])c3c([2H])c([2H])c([2H])c(-c4cc(-n5c6c([2H])c([2H])c([2H])c([2H])c6c6c([2H])c([2H])c([2H])c([2H])c65)nc(-n5c6c([2H])c([2H])c([2H])c([2H])c6c6c([2H])c([2H])c([2H])c(-c7c([2H])c([2H])c([2H])c([2H])c7[2H])c65)n4)c3[2H])c2[2H])c([2H])c1[2H]. The molecule has 3 heterocycles. The van der Waals surface area contributed by atoms with Gasteiger partial charge in [0, 0.05) is 38.7 Å². The van der Waals surface area contributed by atoms with Gasteiger partial charge in [0.05, 0.1) is 86.7 Å². The van der Waals surface area contributed by atoms with Crippen LogP contribution in [0.4, 0.5) is 0 Å². The van der Waals surface area contributed by atoms with Gasteiger partial charge in [-0.15, -0.1) is 0 Å². The average Bonchev–Trinajstić information content (AvgIpc) is 0.733. The minimum absolute atomic E-state index is 0.560. The van der Waals surface area contributed by atoms with Crippen LogP contribution in [0.1, 0.15) is 58.9 Å². The molecule has 3 aromatic heterocycles. The number of hydrogen-bond acceptors (Lipinski definition) is 2. The van der Waals surface area contributed by atoms with Crippen LogP contribution in [0.15, 0.2) is 266 Å². The lowest BCUT2D eigenvalue weighted by Crippen LogP contribution is -2.74. The molecule has 69 heavy (non-hydrogen) atoms. The smallest absolute Gasteiger partial charge is 0.237 e. The van der Waals surface area contributed by atoms with E-state index in [1.54, 1.807) is 0 Å². The van der Waals surface area contributed by atoms with Crippen LogP contribution in [0.5, 0.6) is 0 Å². The molecule has 0 aliphatic rings. The highest BCUT2D eigenvalue weighted by atomic mass is 28.3. The molecule has 13 rings (SSSR count). The fraction of sp³-hybridized carbons (Fsp3) is 0. The monoisotopic (exact) mass is 940 g/mol. The van der Waals surface area contributed by atoms with Gasteiger partial charge in [-0.1, -0.05) is 242 Å². The van der Waals surface area contributed by atoms with Crippen molar-refractivity contribution in [3.05, 3.63) is 266 Å². The summed E-state index contributed by atoms with van der Waals surface area (Å²) < 4.78 is 404. The summed E-state index contributed by atoms with van der Waals surface area (Å²) in [5.41, 5.74) is -10.3. The largest absolute Gasteiger partial charge is 0.294 e. The molecule has 0 bridgehead atoms. The van der Waals surface area contributed by atoms with Crippen LogP contribution in [0.3, 0.4) is 0 Å². The van der Waals surface area contributed by atoms with Gasteiger partial charge in [0.15, 0.2) is 8.07 Å². The summed E-state index contributed by atoms with van der Waals surface area (Å²) in [7, 11) is -7.03. The zero-order valence-corrected chi connectivity index (χ0v) is 35.4. The van der Waals surface area contributed by atoms with Gasteiger partial charge >= 0.3 is 0 Å². The van der Waals surface area contributed by atoms with E-state index in [4.69, 9.17) is 31.9 Å². The van der Waals surface area contributed by atoms with E-state index in [1.807, 2.05) is 0 Å². The third kappa shape index (κ3) is 6.66. The number of benzene rings is 10. The predicted octanol–water partition coefficient (Wildman–Crippen LogP) is 13.0. The topological polar surface area (TPSA) is 35.6 Å². The Bertz CT molecular complexity index is 6360. The summed E-state index contributed by atoms with van der Waals surface area (Å²) in [5.74, 6) is -2.28. The van der Waals surface area contributed by atoms with Crippen molar-refractivity contribution in [1.29, 1.82) is 0 Å². The Hall–Kier alpha value is -8.90. The van der Waals surface area contributed by atoms with E-state index in [9.17, 15) is 37.0 Å². The molecule has 4 nitrogen and oxygen atoms in total. The minimum atomic E-state index is -7.03. The number of fused-ring (bicyclic) bond motifs is 6. The summed E-state index contributed by atoms with van der Waals surface area (Å²) in [5, 5.41) is -8.72. The zero-order valence-electron chi connectivity index (χ0n) is 77.4. The number of para-hydroxylation sites is 4. The van der Waals surface area contributed by atoms with Gasteiger partial charge in [0.1, 0.15) is 5.82 Å². The number of nitrogens with zero attached hydrogens (tertiary/aromatic N) is 4. The van der Waals surface area contributed by atoms with E-state index < -0.39 is 378 Å². The van der Waals surface area contributed by atoms with Gasteiger partial charge in [-0.05, 0) is 55.6 Å². The first kappa shape index (κ1) is 15.8. The van der Waals surface area contributed by atoms with E-state index in [2.05, 4.69) is 0 Å². The highest BCUT2D eigenvalue weighted by Gasteiger charge is 2.42. The van der Waals surface area contributed by atoms with Crippen LogP contribution in [0, 0.1) is 0 Å². The molecule has 0 aliphatic carbocycles. The van der Waals surface area contributed by atoms with Gasteiger partial charge < -0.3 is 0 Å². The Kier molecular flexibility index (Phi) is 3.85. The van der Waals surface area contributed by atoms with Crippen LogP contribution in [0.25, 0.3) is 88.9 Å². The van der Waals surface area contributed by atoms with E-state index in [0.29, 0.717) is 15.2 Å². The van der Waals surface area contributed by atoms with Gasteiger partial charge in [-0.2, -0.15) is 4.98 Å². The normalized spacial score (nSPS) is 20.5. The molecule has 324 valence electrons. The van der Waals surface area contributed by atoms with E-state index in [-0.39, 0.29) is 0 Å². The molecule has 0 N–H and O–H groups in total. The highest BCUT2D eigenvalue weighted by Crippen LogP contribution is 2.39. The van der Waals surface area contributed by atoms with Gasteiger partial charge in [0.25, 0.3) is 0 Å². The minimum Gasteiger partial charge on any atom is -0.294 e. The Morgan fingerprint density at radius 2 is 0.754 bits per heavy atom. The summed E-state index contributed by atoms with van der Waals surface area (Å²) in [6.07, 6.45) is 0. The molecule has 0 aliphatic heterocycles.